The third-order valence-corrected chi connectivity index (χ3v) is 3.24. The molecular weight excluding hydrogens is 285 g/mol. The van der Waals surface area contributed by atoms with Gasteiger partial charge in [0.2, 0.25) is 5.95 Å². The molecular formula is C13H13Cl2N3O. The highest BCUT2D eigenvalue weighted by Crippen LogP contribution is 2.30. The van der Waals surface area contributed by atoms with Crippen LogP contribution in [0.2, 0.25) is 10.0 Å². The van der Waals surface area contributed by atoms with Crippen molar-refractivity contribution < 1.29 is 5.11 Å². The van der Waals surface area contributed by atoms with Crippen LogP contribution in [0.25, 0.3) is 0 Å². The minimum Gasteiger partial charge on any atom is -0.386 e. The van der Waals surface area contributed by atoms with Gasteiger partial charge in [0.15, 0.2) is 0 Å². The first kappa shape index (κ1) is 14.1. The molecule has 0 saturated heterocycles. The third-order valence-electron chi connectivity index (χ3n) is 2.58. The van der Waals surface area contributed by atoms with Crippen LogP contribution in [0.3, 0.4) is 0 Å². The van der Waals surface area contributed by atoms with E-state index in [0.29, 0.717) is 21.6 Å². The summed E-state index contributed by atoms with van der Waals surface area (Å²) in [6.45, 7) is 2.10. The van der Waals surface area contributed by atoms with Gasteiger partial charge in [0.1, 0.15) is 0 Å². The summed E-state index contributed by atoms with van der Waals surface area (Å²) in [5.74, 6) is 0.460. The van der Waals surface area contributed by atoms with E-state index >= 15 is 0 Å². The number of anilines is 1. The van der Waals surface area contributed by atoms with Crippen LogP contribution in [0, 0.1) is 6.92 Å². The predicted molar refractivity (Wildman–Crippen MR) is 76.7 cm³/mol. The molecule has 0 fully saturated rings. The molecule has 0 bridgehead atoms. The van der Waals surface area contributed by atoms with Crippen LogP contribution in [0.1, 0.15) is 17.4 Å². The van der Waals surface area contributed by atoms with Crippen LogP contribution in [0.15, 0.2) is 30.5 Å². The third kappa shape index (κ3) is 3.56. The van der Waals surface area contributed by atoms with Crippen molar-refractivity contribution in [2.24, 2.45) is 0 Å². The molecule has 1 heterocycles. The van der Waals surface area contributed by atoms with Crippen molar-refractivity contribution >= 4 is 29.2 Å². The Balaban J connectivity index is 2.07. The van der Waals surface area contributed by atoms with Crippen molar-refractivity contribution in [3.63, 3.8) is 0 Å². The normalized spacial score (nSPS) is 12.2. The zero-order valence-corrected chi connectivity index (χ0v) is 11.8. The number of benzene rings is 1. The molecule has 1 aromatic heterocycles. The number of aliphatic hydroxyl groups excluding tert-OH is 1. The summed E-state index contributed by atoms with van der Waals surface area (Å²) in [4.78, 5) is 8.24. The predicted octanol–water partition coefficient (Wildman–Crippen LogP) is 3.24. The zero-order chi connectivity index (χ0) is 13.8. The van der Waals surface area contributed by atoms with E-state index in [9.17, 15) is 5.11 Å². The molecule has 1 unspecified atom stereocenters. The van der Waals surface area contributed by atoms with Crippen molar-refractivity contribution in [1.82, 2.24) is 9.97 Å². The number of aryl methyl sites for hydroxylation is 1. The summed E-state index contributed by atoms with van der Waals surface area (Å²) in [6.07, 6.45) is 0.824. The van der Waals surface area contributed by atoms with Crippen molar-refractivity contribution in [1.29, 1.82) is 0 Å². The number of aliphatic hydroxyl groups is 1. The average molecular weight is 298 g/mol. The lowest BCUT2D eigenvalue weighted by Gasteiger charge is -2.15. The van der Waals surface area contributed by atoms with Gasteiger partial charge in [0.25, 0.3) is 0 Å². The van der Waals surface area contributed by atoms with Crippen LogP contribution in [-0.4, -0.2) is 21.6 Å². The molecule has 4 nitrogen and oxygen atoms in total. The molecule has 2 aromatic rings. The van der Waals surface area contributed by atoms with Gasteiger partial charge in [0.05, 0.1) is 6.10 Å². The second-order valence-corrected chi connectivity index (χ2v) is 4.87. The number of rotatable bonds is 4. The van der Waals surface area contributed by atoms with Gasteiger partial charge in [-0.1, -0.05) is 29.3 Å². The van der Waals surface area contributed by atoms with E-state index in [1.807, 2.05) is 6.92 Å². The number of nitrogens with one attached hydrogen (secondary N) is 1. The molecule has 2 rings (SSSR count). The smallest absolute Gasteiger partial charge is 0.222 e. The minimum absolute atomic E-state index is 0.229. The summed E-state index contributed by atoms with van der Waals surface area (Å²) in [6, 6.07) is 6.91. The van der Waals surface area contributed by atoms with Crippen LogP contribution in [0.4, 0.5) is 5.95 Å². The Bertz CT molecular complexity index is 557. The van der Waals surface area contributed by atoms with E-state index < -0.39 is 6.10 Å². The van der Waals surface area contributed by atoms with Gasteiger partial charge < -0.3 is 10.4 Å². The number of halogens is 2. The highest BCUT2D eigenvalue weighted by atomic mass is 35.5. The van der Waals surface area contributed by atoms with Gasteiger partial charge >= 0.3 is 0 Å². The molecule has 6 heteroatoms. The Hall–Kier alpha value is -1.36. The molecule has 0 aliphatic heterocycles. The second-order valence-electron chi connectivity index (χ2n) is 4.05. The first-order chi connectivity index (χ1) is 9.08. The maximum atomic E-state index is 10.1. The molecule has 19 heavy (non-hydrogen) atoms. The number of nitrogens with zero attached hydrogens (tertiary/aromatic N) is 2. The quantitative estimate of drug-likeness (QED) is 0.910. The van der Waals surface area contributed by atoms with E-state index in [2.05, 4.69) is 15.3 Å². The molecule has 1 atom stereocenters. The Labute approximate surface area is 121 Å². The fourth-order valence-electron chi connectivity index (χ4n) is 1.65. The molecule has 0 amide bonds. The van der Waals surface area contributed by atoms with Crippen LogP contribution in [0.5, 0.6) is 0 Å². The summed E-state index contributed by atoms with van der Waals surface area (Å²) < 4.78 is 0. The first-order valence-corrected chi connectivity index (χ1v) is 6.49. The van der Waals surface area contributed by atoms with Gasteiger partial charge in [0, 0.05) is 34.0 Å². The zero-order valence-electron chi connectivity index (χ0n) is 10.3. The van der Waals surface area contributed by atoms with Crippen LogP contribution in [-0.2, 0) is 0 Å². The van der Waals surface area contributed by atoms with Crippen molar-refractivity contribution in [3.05, 3.63) is 51.8 Å². The maximum Gasteiger partial charge on any atom is 0.222 e. The monoisotopic (exact) mass is 297 g/mol. The average Bonchev–Trinajstić information content (AvgIpc) is 2.36. The molecule has 0 aliphatic carbocycles. The van der Waals surface area contributed by atoms with Gasteiger partial charge in [-0.15, -0.1) is 0 Å². The molecule has 0 aliphatic rings. The Kier molecular flexibility index (Phi) is 4.58. The standard InChI is InChI=1S/C13H13Cl2N3O/c1-8-5-6-16-13(18-8)17-7-11(19)12-9(14)3-2-4-10(12)15/h2-6,11,19H,7H2,1H3,(H,16,17,18). The summed E-state index contributed by atoms with van der Waals surface area (Å²) in [5, 5.41) is 13.9. The van der Waals surface area contributed by atoms with Gasteiger partial charge in [-0.3, -0.25) is 0 Å². The molecule has 1 aromatic carbocycles. The lowest BCUT2D eigenvalue weighted by molar-refractivity contribution is 0.191. The topological polar surface area (TPSA) is 58.0 Å². The molecule has 0 saturated carbocycles. The first-order valence-electron chi connectivity index (χ1n) is 5.73. The van der Waals surface area contributed by atoms with Crippen LogP contribution < -0.4 is 5.32 Å². The molecule has 2 N–H and O–H groups in total. The minimum atomic E-state index is -0.828. The SMILES string of the molecule is Cc1ccnc(NCC(O)c2c(Cl)cccc2Cl)n1. The van der Waals surface area contributed by atoms with Crippen molar-refractivity contribution in [2.45, 2.75) is 13.0 Å². The highest BCUT2D eigenvalue weighted by molar-refractivity contribution is 6.36. The van der Waals surface area contributed by atoms with E-state index in [4.69, 9.17) is 23.2 Å². The number of aromatic nitrogens is 2. The Morgan fingerprint density at radius 1 is 1.26 bits per heavy atom. The van der Waals surface area contributed by atoms with Crippen molar-refractivity contribution in [2.75, 3.05) is 11.9 Å². The van der Waals surface area contributed by atoms with Gasteiger partial charge in [-0.05, 0) is 25.1 Å². The van der Waals surface area contributed by atoms with Crippen molar-refractivity contribution in [3.8, 4) is 0 Å². The van der Waals surface area contributed by atoms with E-state index in [-0.39, 0.29) is 6.54 Å². The van der Waals surface area contributed by atoms with E-state index in [0.717, 1.165) is 5.69 Å². The highest BCUT2D eigenvalue weighted by Gasteiger charge is 2.15. The molecule has 0 spiro atoms. The second kappa shape index (κ2) is 6.19. The molecule has 0 radical (unpaired) electrons. The molecule has 100 valence electrons. The summed E-state index contributed by atoms with van der Waals surface area (Å²) in [5.41, 5.74) is 1.36. The fourth-order valence-corrected chi connectivity index (χ4v) is 2.30. The number of hydrogen-bond donors (Lipinski definition) is 2. The lowest BCUT2D eigenvalue weighted by atomic mass is 10.1. The number of hydrogen-bond acceptors (Lipinski definition) is 4. The summed E-state index contributed by atoms with van der Waals surface area (Å²) in [7, 11) is 0. The van der Waals surface area contributed by atoms with E-state index in [1.54, 1.807) is 30.5 Å². The summed E-state index contributed by atoms with van der Waals surface area (Å²) >= 11 is 12.1. The van der Waals surface area contributed by atoms with Crippen LogP contribution >= 0.6 is 23.2 Å². The maximum absolute atomic E-state index is 10.1. The van der Waals surface area contributed by atoms with Gasteiger partial charge in [-0.25, -0.2) is 9.97 Å². The largest absolute Gasteiger partial charge is 0.386 e. The Morgan fingerprint density at radius 3 is 2.58 bits per heavy atom. The Morgan fingerprint density at radius 2 is 1.95 bits per heavy atom. The fraction of sp³-hybridized carbons (Fsp3) is 0.231. The lowest BCUT2D eigenvalue weighted by Crippen LogP contribution is -2.14. The van der Waals surface area contributed by atoms with Gasteiger partial charge in [-0.2, -0.15) is 0 Å². The van der Waals surface area contributed by atoms with E-state index in [1.165, 1.54) is 0 Å².